The summed E-state index contributed by atoms with van der Waals surface area (Å²) >= 11 is 12.0. The summed E-state index contributed by atoms with van der Waals surface area (Å²) < 4.78 is 0. The van der Waals surface area contributed by atoms with E-state index >= 15 is 0 Å². The number of nitrogens with two attached hydrogens (primary N) is 1. The van der Waals surface area contributed by atoms with Crippen LogP contribution >= 0.6 is 23.2 Å². The van der Waals surface area contributed by atoms with Gasteiger partial charge in [-0.2, -0.15) is 0 Å². The van der Waals surface area contributed by atoms with Crippen molar-refractivity contribution in [1.29, 1.82) is 0 Å². The highest BCUT2D eigenvalue weighted by Crippen LogP contribution is 2.37. The highest BCUT2D eigenvalue weighted by Gasteiger charge is 2.21. The molecule has 0 unspecified atom stereocenters. The SMILES string of the molecule is Nc1c(Cl)cc(C(=O)c2cccc(C3CCC3)c2)cc1Cl. The lowest BCUT2D eigenvalue weighted by atomic mass is 9.79. The van der Waals surface area contributed by atoms with Crippen molar-refractivity contribution in [3.05, 3.63) is 63.1 Å². The second kappa shape index (κ2) is 5.70. The average molecular weight is 320 g/mol. The Bertz CT molecular complexity index is 685. The molecule has 3 rings (SSSR count). The Morgan fingerprint density at radius 2 is 1.71 bits per heavy atom. The van der Waals surface area contributed by atoms with E-state index in [0.29, 0.717) is 32.8 Å². The predicted molar refractivity (Wildman–Crippen MR) is 87.3 cm³/mol. The summed E-state index contributed by atoms with van der Waals surface area (Å²) in [6, 6.07) is 11.0. The maximum atomic E-state index is 12.6. The first-order valence-electron chi connectivity index (χ1n) is 6.95. The first-order chi connectivity index (χ1) is 10.1. The fourth-order valence-corrected chi connectivity index (χ4v) is 3.04. The van der Waals surface area contributed by atoms with Crippen molar-refractivity contribution in [2.24, 2.45) is 0 Å². The van der Waals surface area contributed by atoms with E-state index in [0.717, 1.165) is 0 Å². The smallest absolute Gasteiger partial charge is 0.193 e. The monoisotopic (exact) mass is 319 g/mol. The van der Waals surface area contributed by atoms with Gasteiger partial charge >= 0.3 is 0 Å². The van der Waals surface area contributed by atoms with Crippen LogP contribution in [-0.2, 0) is 0 Å². The molecule has 21 heavy (non-hydrogen) atoms. The Labute approximate surface area is 133 Å². The summed E-state index contributed by atoms with van der Waals surface area (Å²) in [5.41, 5.74) is 8.37. The van der Waals surface area contributed by atoms with Crippen LogP contribution in [0, 0.1) is 0 Å². The zero-order valence-electron chi connectivity index (χ0n) is 11.4. The number of nitrogen functional groups attached to an aromatic ring is 1. The van der Waals surface area contributed by atoms with Crippen LogP contribution in [0.5, 0.6) is 0 Å². The third-order valence-electron chi connectivity index (χ3n) is 4.07. The minimum Gasteiger partial charge on any atom is -0.396 e. The van der Waals surface area contributed by atoms with Crippen molar-refractivity contribution >= 4 is 34.7 Å². The van der Waals surface area contributed by atoms with E-state index in [1.165, 1.54) is 24.8 Å². The van der Waals surface area contributed by atoms with E-state index in [4.69, 9.17) is 28.9 Å². The molecule has 1 aliphatic rings. The van der Waals surface area contributed by atoms with Crippen molar-refractivity contribution in [3.63, 3.8) is 0 Å². The Kier molecular flexibility index (Phi) is 3.92. The van der Waals surface area contributed by atoms with Crippen molar-refractivity contribution in [1.82, 2.24) is 0 Å². The summed E-state index contributed by atoms with van der Waals surface area (Å²) in [5, 5.41) is 0.613. The lowest BCUT2D eigenvalue weighted by Gasteiger charge is -2.26. The molecule has 0 atom stereocenters. The first kappa shape index (κ1) is 14.4. The number of hydrogen-bond acceptors (Lipinski definition) is 2. The van der Waals surface area contributed by atoms with Crippen LogP contribution in [0.3, 0.4) is 0 Å². The van der Waals surface area contributed by atoms with Crippen LogP contribution in [0.25, 0.3) is 0 Å². The molecule has 1 aliphatic carbocycles. The van der Waals surface area contributed by atoms with Gasteiger partial charge in [-0.15, -0.1) is 0 Å². The number of benzene rings is 2. The number of halogens is 2. The lowest BCUT2D eigenvalue weighted by Crippen LogP contribution is -2.10. The third-order valence-corrected chi connectivity index (χ3v) is 4.69. The molecule has 1 saturated carbocycles. The van der Waals surface area contributed by atoms with Gasteiger partial charge < -0.3 is 5.73 Å². The van der Waals surface area contributed by atoms with E-state index in [1.807, 2.05) is 18.2 Å². The average Bonchev–Trinajstić information content (AvgIpc) is 2.42. The molecule has 0 amide bonds. The molecule has 2 N–H and O–H groups in total. The summed E-state index contributed by atoms with van der Waals surface area (Å²) in [7, 11) is 0. The van der Waals surface area contributed by atoms with E-state index < -0.39 is 0 Å². The minimum absolute atomic E-state index is 0.0834. The van der Waals surface area contributed by atoms with Crippen LogP contribution in [0.1, 0.15) is 46.7 Å². The lowest BCUT2D eigenvalue weighted by molar-refractivity contribution is 0.103. The van der Waals surface area contributed by atoms with Gasteiger partial charge in [0, 0.05) is 11.1 Å². The van der Waals surface area contributed by atoms with E-state index in [2.05, 4.69) is 6.07 Å². The van der Waals surface area contributed by atoms with Crippen LogP contribution in [0.4, 0.5) is 5.69 Å². The number of carbonyl (C=O) groups is 1. The molecular formula is C17H15Cl2NO. The highest BCUT2D eigenvalue weighted by atomic mass is 35.5. The number of anilines is 1. The molecule has 2 aromatic rings. The fourth-order valence-electron chi connectivity index (χ4n) is 2.56. The molecule has 1 fully saturated rings. The molecular weight excluding hydrogens is 305 g/mol. The van der Waals surface area contributed by atoms with Gasteiger partial charge in [0.25, 0.3) is 0 Å². The summed E-state index contributed by atoms with van der Waals surface area (Å²) in [4.78, 5) is 12.6. The maximum absolute atomic E-state index is 12.6. The van der Waals surface area contributed by atoms with Gasteiger partial charge in [0.05, 0.1) is 15.7 Å². The Morgan fingerprint density at radius 3 is 2.29 bits per heavy atom. The zero-order valence-corrected chi connectivity index (χ0v) is 12.9. The summed E-state index contributed by atoms with van der Waals surface area (Å²) in [5.74, 6) is 0.510. The summed E-state index contributed by atoms with van der Waals surface area (Å²) in [6.45, 7) is 0. The van der Waals surface area contributed by atoms with Gasteiger partial charge in [0.1, 0.15) is 0 Å². The molecule has 0 spiro atoms. The van der Waals surface area contributed by atoms with Gasteiger partial charge in [-0.1, -0.05) is 47.8 Å². The molecule has 0 saturated heterocycles. The molecule has 4 heteroatoms. The van der Waals surface area contributed by atoms with Crippen LogP contribution in [0.2, 0.25) is 10.0 Å². The van der Waals surface area contributed by atoms with Crippen molar-refractivity contribution < 1.29 is 4.79 Å². The molecule has 0 heterocycles. The van der Waals surface area contributed by atoms with Gasteiger partial charge in [-0.3, -0.25) is 4.79 Å². The molecule has 0 bridgehead atoms. The van der Waals surface area contributed by atoms with Crippen LogP contribution < -0.4 is 5.73 Å². The first-order valence-corrected chi connectivity index (χ1v) is 7.71. The molecule has 0 aliphatic heterocycles. The maximum Gasteiger partial charge on any atom is 0.193 e. The molecule has 2 nitrogen and oxygen atoms in total. The Hall–Kier alpha value is -1.51. The van der Waals surface area contributed by atoms with Gasteiger partial charge in [-0.25, -0.2) is 0 Å². The number of hydrogen-bond donors (Lipinski definition) is 1. The van der Waals surface area contributed by atoms with Crippen molar-refractivity contribution in [2.45, 2.75) is 25.2 Å². The minimum atomic E-state index is -0.0834. The highest BCUT2D eigenvalue weighted by molar-refractivity contribution is 6.39. The molecule has 0 aromatic heterocycles. The van der Waals surface area contributed by atoms with E-state index in [1.54, 1.807) is 12.1 Å². The second-order valence-corrected chi connectivity index (χ2v) is 6.25. The zero-order chi connectivity index (χ0) is 15.0. The van der Waals surface area contributed by atoms with E-state index in [9.17, 15) is 4.79 Å². The number of ketones is 1. The Morgan fingerprint density at radius 1 is 1.05 bits per heavy atom. The van der Waals surface area contributed by atoms with Gasteiger partial charge in [-0.05, 0) is 42.5 Å². The Balaban J connectivity index is 1.94. The quantitative estimate of drug-likeness (QED) is 0.633. The van der Waals surface area contributed by atoms with Crippen molar-refractivity contribution in [3.8, 4) is 0 Å². The number of carbonyl (C=O) groups excluding carboxylic acids is 1. The van der Waals surface area contributed by atoms with Gasteiger partial charge in [0.2, 0.25) is 0 Å². The number of rotatable bonds is 3. The fraction of sp³-hybridized carbons (Fsp3) is 0.235. The van der Waals surface area contributed by atoms with Crippen LogP contribution in [0.15, 0.2) is 36.4 Å². The molecule has 2 aromatic carbocycles. The predicted octanol–water partition coefficient (Wildman–Crippen LogP) is 5.07. The largest absolute Gasteiger partial charge is 0.396 e. The normalized spacial score (nSPS) is 14.8. The topological polar surface area (TPSA) is 43.1 Å². The van der Waals surface area contributed by atoms with Crippen molar-refractivity contribution in [2.75, 3.05) is 5.73 Å². The standard InChI is InChI=1S/C17H15Cl2NO/c18-14-8-13(9-15(19)16(14)20)17(21)12-6-2-5-11(7-12)10-3-1-4-10/h2,5-10H,1,3-4,20H2. The van der Waals surface area contributed by atoms with Gasteiger partial charge in [0.15, 0.2) is 5.78 Å². The second-order valence-electron chi connectivity index (χ2n) is 5.44. The van der Waals surface area contributed by atoms with Crippen LogP contribution in [-0.4, -0.2) is 5.78 Å². The molecule has 0 radical (unpaired) electrons. The third kappa shape index (κ3) is 2.78. The molecule has 108 valence electrons. The van der Waals surface area contributed by atoms with E-state index in [-0.39, 0.29) is 5.78 Å². The summed E-state index contributed by atoms with van der Waals surface area (Å²) in [6.07, 6.45) is 3.68.